The van der Waals surface area contributed by atoms with Gasteiger partial charge in [-0.05, 0) is 42.8 Å². The number of hydrazine groups is 1. The van der Waals surface area contributed by atoms with Crippen LogP contribution in [0.25, 0.3) is 0 Å². The van der Waals surface area contributed by atoms with Gasteiger partial charge in [0.25, 0.3) is 0 Å². The molecule has 1 aliphatic rings. The van der Waals surface area contributed by atoms with Crippen molar-refractivity contribution in [3.8, 4) is 0 Å². The number of benzene rings is 1. The molecular weight excluding hydrogens is 242 g/mol. The van der Waals surface area contributed by atoms with Gasteiger partial charge in [-0.15, -0.1) is 0 Å². The van der Waals surface area contributed by atoms with Gasteiger partial charge >= 0.3 is 0 Å². The molecule has 0 heterocycles. The molecule has 0 aliphatic heterocycles. The van der Waals surface area contributed by atoms with Crippen molar-refractivity contribution < 1.29 is 0 Å². The van der Waals surface area contributed by atoms with Crippen LogP contribution < -0.4 is 16.2 Å². The highest BCUT2D eigenvalue weighted by Crippen LogP contribution is 2.18. The molecule has 0 amide bonds. The second-order valence-electron chi connectivity index (χ2n) is 3.85. The van der Waals surface area contributed by atoms with E-state index in [2.05, 4.69) is 16.2 Å². The first-order valence-electron chi connectivity index (χ1n) is 5.28. The van der Waals surface area contributed by atoms with Crippen LogP contribution in [0.5, 0.6) is 0 Å². The fourth-order valence-electron chi connectivity index (χ4n) is 1.28. The van der Waals surface area contributed by atoms with E-state index < -0.39 is 0 Å². The van der Waals surface area contributed by atoms with E-state index in [9.17, 15) is 0 Å². The van der Waals surface area contributed by atoms with Crippen LogP contribution in [0.2, 0.25) is 5.02 Å². The van der Waals surface area contributed by atoms with E-state index in [1.54, 1.807) is 0 Å². The van der Waals surface area contributed by atoms with E-state index in [1.165, 1.54) is 12.8 Å². The molecule has 1 aromatic carbocycles. The molecule has 1 aromatic rings. The van der Waals surface area contributed by atoms with Gasteiger partial charge in [-0.2, -0.15) is 0 Å². The van der Waals surface area contributed by atoms with Gasteiger partial charge in [0.05, 0.1) is 0 Å². The predicted octanol–water partition coefficient (Wildman–Crippen LogP) is 1.97. The standard InChI is InChI=1S/C11H14ClN3S/c12-9-3-1-8(2-4-9)7-13-15-11(16)14-10-5-6-10/h1-4,10,13H,5-7H2,(H2,14,15,16). The summed E-state index contributed by atoms with van der Waals surface area (Å²) in [5.41, 5.74) is 7.17. The van der Waals surface area contributed by atoms with Crippen LogP contribution in [0.3, 0.4) is 0 Å². The second-order valence-corrected chi connectivity index (χ2v) is 4.70. The zero-order valence-electron chi connectivity index (χ0n) is 8.79. The van der Waals surface area contributed by atoms with Gasteiger partial charge in [-0.25, -0.2) is 5.43 Å². The summed E-state index contributed by atoms with van der Waals surface area (Å²) in [5, 5.41) is 4.60. The van der Waals surface area contributed by atoms with Crippen molar-refractivity contribution in [2.75, 3.05) is 0 Å². The molecule has 1 aliphatic carbocycles. The molecule has 86 valence electrons. The Hall–Kier alpha value is -0.840. The van der Waals surface area contributed by atoms with Gasteiger partial charge in [0.1, 0.15) is 0 Å². The molecule has 0 saturated heterocycles. The molecule has 0 atom stereocenters. The smallest absolute Gasteiger partial charge is 0.181 e. The number of hydrogen-bond donors (Lipinski definition) is 3. The molecule has 0 spiro atoms. The highest BCUT2D eigenvalue weighted by atomic mass is 35.5. The topological polar surface area (TPSA) is 36.1 Å². The van der Waals surface area contributed by atoms with Crippen LogP contribution in [0.15, 0.2) is 24.3 Å². The number of hydrogen-bond acceptors (Lipinski definition) is 2. The maximum Gasteiger partial charge on any atom is 0.181 e. The van der Waals surface area contributed by atoms with Gasteiger partial charge < -0.3 is 5.32 Å². The molecule has 0 unspecified atom stereocenters. The number of rotatable bonds is 4. The van der Waals surface area contributed by atoms with Crippen LogP contribution in [-0.4, -0.2) is 11.2 Å². The summed E-state index contributed by atoms with van der Waals surface area (Å²) in [4.78, 5) is 0. The quantitative estimate of drug-likeness (QED) is 0.568. The first kappa shape index (κ1) is 11.6. The van der Waals surface area contributed by atoms with Crippen LogP contribution in [0.1, 0.15) is 18.4 Å². The summed E-state index contributed by atoms with van der Waals surface area (Å²) in [5.74, 6) is 0. The minimum atomic E-state index is 0.581. The fraction of sp³-hybridized carbons (Fsp3) is 0.364. The van der Waals surface area contributed by atoms with Gasteiger partial charge in [0, 0.05) is 17.6 Å². The van der Waals surface area contributed by atoms with Crippen molar-refractivity contribution in [2.45, 2.75) is 25.4 Å². The summed E-state index contributed by atoms with van der Waals surface area (Å²) < 4.78 is 0. The number of halogens is 1. The Labute approximate surface area is 106 Å². The van der Waals surface area contributed by atoms with Crippen molar-refractivity contribution in [3.63, 3.8) is 0 Å². The Morgan fingerprint density at radius 1 is 1.31 bits per heavy atom. The summed E-state index contributed by atoms with van der Waals surface area (Å²) in [6.45, 7) is 0.712. The van der Waals surface area contributed by atoms with E-state index in [0.29, 0.717) is 17.7 Å². The first-order valence-corrected chi connectivity index (χ1v) is 6.06. The molecule has 0 bridgehead atoms. The van der Waals surface area contributed by atoms with E-state index in [-0.39, 0.29) is 0 Å². The van der Waals surface area contributed by atoms with E-state index in [1.807, 2.05) is 24.3 Å². The Morgan fingerprint density at radius 3 is 2.62 bits per heavy atom. The van der Waals surface area contributed by atoms with Crippen LogP contribution in [0, 0.1) is 0 Å². The van der Waals surface area contributed by atoms with E-state index >= 15 is 0 Å². The predicted molar refractivity (Wildman–Crippen MR) is 70.2 cm³/mol. The number of thiocarbonyl (C=S) groups is 1. The summed E-state index contributed by atoms with van der Waals surface area (Å²) >= 11 is 10.9. The zero-order valence-corrected chi connectivity index (χ0v) is 10.4. The average Bonchev–Trinajstić information content (AvgIpc) is 3.05. The average molecular weight is 256 g/mol. The summed E-state index contributed by atoms with van der Waals surface area (Å²) in [6.07, 6.45) is 2.44. The normalized spacial score (nSPS) is 14.6. The molecule has 16 heavy (non-hydrogen) atoms. The zero-order chi connectivity index (χ0) is 11.4. The molecule has 3 nitrogen and oxygen atoms in total. The minimum absolute atomic E-state index is 0.581. The highest BCUT2D eigenvalue weighted by Gasteiger charge is 2.21. The van der Waals surface area contributed by atoms with Crippen LogP contribution in [-0.2, 0) is 6.54 Å². The van der Waals surface area contributed by atoms with Gasteiger partial charge in [-0.1, -0.05) is 23.7 Å². The third-order valence-electron chi connectivity index (χ3n) is 2.32. The largest absolute Gasteiger partial charge is 0.359 e. The SMILES string of the molecule is S=C(NNCc1ccc(Cl)cc1)NC1CC1. The molecular formula is C11H14ClN3S. The maximum absolute atomic E-state index is 5.79. The van der Waals surface area contributed by atoms with E-state index in [0.717, 1.165) is 10.6 Å². The third kappa shape index (κ3) is 3.96. The van der Waals surface area contributed by atoms with Crippen molar-refractivity contribution in [1.29, 1.82) is 0 Å². The molecule has 1 saturated carbocycles. The Kier molecular flexibility index (Phi) is 3.98. The fourth-order valence-corrected chi connectivity index (χ4v) is 1.64. The van der Waals surface area contributed by atoms with Crippen molar-refractivity contribution in [1.82, 2.24) is 16.2 Å². The Morgan fingerprint density at radius 2 is 2.00 bits per heavy atom. The minimum Gasteiger partial charge on any atom is -0.359 e. The molecule has 0 aromatic heterocycles. The lowest BCUT2D eigenvalue weighted by Crippen LogP contribution is -2.44. The summed E-state index contributed by atoms with van der Waals surface area (Å²) in [6, 6.07) is 8.29. The van der Waals surface area contributed by atoms with Gasteiger partial charge in [0.2, 0.25) is 0 Å². The lowest BCUT2D eigenvalue weighted by atomic mass is 10.2. The first-order chi connectivity index (χ1) is 7.74. The van der Waals surface area contributed by atoms with Crippen molar-refractivity contribution >= 4 is 28.9 Å². The monoisotopic (exact) mass is 255 g/mol. The molecule has 5 heteroatoms. The molecule has 1 fully saturated rings. The maximum atomic E-state index is 5.79. The lowest BCUT2D eigenvalue weighted by molar-refractivity contribution is 0.640. The molecule has 3 N–H and O–H groups in total. The van der Waals surface area contributed by atoms with Crippen molar-refractivity contribution in [2.24, 2.45) is 0 Å². The van der Waals surface area contributed by atoms with Gasteiger partial charge in [0.15, 0.2) is 5.11 Å². The lowest BCUT2D eigenvalue weighted by Gasteiger charge is -2.10. The van der Waals surface area contributed by atoms with Crippen LogP contribution in [0.4, 0.5) is 0 Å². The summed E-state index contributed by atoms with van der Waals surface area (Å²) in [7, 11) is 0. The van der Waals surface area contributed by atoms with Crippen LogP contribution >= 0.6 is 23.8 Å². The Bertz CT molecular complexity index is 362. The molecule has 2 rings (SSSR count). The number of nitrogens with one attached hydrogen (secondary N) is 3. The van der Waals surface area contributed by atoms with E-state index in [4.69, 9.17) is 23.8 Å². The van der Waals surface area contributed by atoms with Gasteiger partial charge in [-0.3, -0.25) is 5.43 Å². The second kappa shape index (κ2) is 5.48. The Balaban J connectivity index is 1.66. The highest BCUT2D eigenvalue weighted by molar-refractivity contribution is 7.80. The van der Waals surface area contributed by atoms with Crippen molar-refractivity contribution in [3.05, 3.63) is 34.9 Å². The third-order valence-corrected chi connectivity index (χ3v) is 2.79. The molecule has 0 radical (unpaired) electrons.